The molecule has 0 spiro atoms. The van der Waals surface area contributed by atoms with Crippen LogP contribution in [0.15, 0.2) is 41.3 Å². The lowest BCUT2D eigenvalue weighted by Crippen LogP contribution is -2.21. The van der Waals surface area contributed by atoms with E-state index in [4.69, 9.17) is 16.3 Å². The van der Waals surface area contributed by atoms with E-state index in [-0.39, 0.29) is 28.2 Å². The van der Waals surface area contributed by atoms with Crippen LogP contribution in [0.3, 0.4) is 0 Å². The van der Waals surface area contributed by atoms with Crippen LogP contribution in [0, 0.1) is 17.5 Å². The van der Waals surface area contributed by atoms with Gasteiger partial charge in [-0.1, -0.05) is 11.6 Å². The number of ether oxygens (including phenoxy) is 1. The van der Waals surface area contributed by atoms with Crippen LogP contribution in [-0.2, 0) is 4.74 Å². The second-order valence-corrected chi connectivity index (χ2v) is 5.75. The van der Waals surface area contributed by atoms with E-state index >= 15 is 0 Å². The van der Waals surface area contributed by atoms with Crippen molar-refractivity contribution in [2.45, 2.75) is 6.92 Å². The molecule has 2 aromatic carbocycles. The number of aromatic nitrogens is 1. The highest BCUT2D eigenvalue weighted by molar-refractivity contribution is 6.31. The number of carbonyl (C=O) groups is 1. The Morgan fingerprint density at radius 3 is 2.54 bits per heavy atom. The Morgan fingerprint density at radius 1 is 1.15 bits per heavy atom. The summed E-state index contributed by atoms with van der Waals surface area (Å²) in [5.74, 6) is -3.55. The number of halogens is 4. The summed E-state index contributed by atoms with van der Waals surface area (Å²) in [6.45, 7) is 1.56. The Balaban J connectivity index is 2.43. The predicted molar refractivity (Wildman–Crippen MR) is 90.4 cm³/mol. The Bertz CT molecular complexity index is 1100. The molecule has 0 N–H and O–H groups in total. The van der Waals surface area contributed by atoms with Gasteiger partial charge in [0.15, 0.2) is 0 Å². The summed E-state index contributed by atoms with van der Waals surface area (Å²) in [6.07, 6.45) is 1.06. The lowest BCUT2D eigenvalue weighted by Gasteiger charge is -2.14. The van der Waals surface area contributed by atoms with Crippen LogP contribution in [0.25, 0.3) is 16.6 Å². The van der Waals surface area contributed by atoms with Crippen molar-refractivity contribution in [3.8, 4) is 5.69 Å². The zero-order valence-electron chi connectivity index (χ0n) is 13.4. The van der Waals surface area contributed by atoms with E-state index in [2.05, 4.69) is 0 Å². The number of benzene rings is 2. The maximum absolute atomic E-state index is 14.3. The van der Waals surface area contributed by atoms with Crippen molar-refractivity contribution in [2.24, 2.45) is 0 Å². The van der Waals surface area contributed by atoms with E-state index in [1.165, 1.54) is 0 Å². The molecule has 0 radical (unpaired) electrons. The summed E-state index contributed by atoms with van der Waals surface area (Å²) in [7, 11) is 0. The third-order valence-electron chi connectivity index (χ3n) is 3.71. The van der Waals surface area contributed by atoms with Crippen molar-refractivity contribution in [1.82, 2.24) is 4.57 Å². The summed E-state index contributed by atoms with van der Waals surface area (Å²) in [6, 6.07) is 4.78. The number of nitrogens with zero attached hydrogens (tertiary/aromatic N) is 1. The van der Waals surface area contributed by atoms with Gasteiger partial charge in [0.25, 0.3) is 0 Å². The van der Waals surface area contributed by atoms with Gasteiger partial charge in [-0.25, -0.2) is 18.0 Å². The van der Waals surface area contributed by atoms with Crippen LogP contribution in [0.1, 0.15) is 17.3 Å². The highest BCUT2D eigenvalue weighted by Crippen LogP contribution is 2.25. The quantitative estimate of drug-likeness (QED) is 0.638. The third kappa shape index (κ3) is 3.06. The van der Waals surface area contributed by atoms with Gasteiger partial charge in [-0.15, -0.1) is 0 Å². The van der Waals surface area contributed by atoms with Crippen molar-refractivity contribution >= 4 is 28.5 Å². The van der Waals surface area contributed by atoms with E-state index in [1.54, 1.807) is 6.92 Å². The van der Waals surface area contributed by atoms with E-state index < -0.39 is 34.4 Å². The molecule has 0 fully saturated rings. The van der Waals surface area contributed by atoms with Crippen molar-refractivity contribution in [1.29, 1.82) is 0 Å². The number of esters is 1. The van der Waals surface area contributed by atoms with E-state index in [9.17, 15) is 22.8 Å². The molecule has 0 saturated carbocycles. The van der Waals surface area contributed by atoms with Crippen molar-refractivity contribution in [3.05, 3.63) is 74.8 Å². The zero-order chi connectivity index (χ0) is 19.0. The second-order valence-electron chi connectivity index (χ2n) is 5.34. The van der Waals surface area contributed by atoms with Gasteiger partial charge in [-0.3, -0.25) is 4.79 Å². The van der Waals surface area contributed by atoms with Gasteiger partial charge in [0.05, 0.1) is 22.8 Å². The highest BCUT2D eigenvalue weighted by Gasteiger charge is 2.20. The Kier molecular flexibility index (Phi) is 4.73. The van der Waals surface area contributed by atoms with Crippen LogP contribution in [0.2, 0.25) is 5.02 Å². The van der Waals surface area contributed by atoms with Crippen molar-refractivity contribution in [3.63, 3.8) is 0 Å². The topological polar surface area (TPSA) is 48.3 Å². The lowest BCUT2D eigenvalue weighted by atomic mass is 10.1. The highest BCUT2D eigenvalue weighted by atomic mass is 35.5. The minimum absolute atomic E-state index is 0.0101. The van der Waals surface area contributed by atoms with Gasteiger partial charge < -0.3 is 9.30 Å². The number of carbonyl (C=O) groups excluding carboxylic acids is 1. The first-order chi connectivity index (χ1) is 12.3. The molecular weight excluding hydrogens is 371 g/mol. The number of pyridine rings is 1. The normalized spacial score (nSPS) is 11.0. The Morgan fingerprint density at radius 2 is 1.88 bits per heavy atom. The number of fused-ring (bicyclic) bond motifs is 1. The van der Waals surface area contributed by atoms with Crippen LogP contribution in [-0.4, -0.2) is 17.1 Å². The molecule has 0 saturated heterocycles. The first kappa shape index (κ1) is 18.0. The first-order valence-electron chi connectivity index (χ1n) is 7.50. The molecule has 0 bridgehead atoms. The van der Waals surface area contributed by atoms with Gasteiger partial charge >= 0.3 is 5.97 Å². The largest absolute Gasteiger partial charge is 0.462 e. The fourth-order valence-electron chi connectivity index (χ4n) is 2.55. The van der Waals surface area contributed by atoms with Crippen molar-refractivity contribution < 1.29 is 22.7 Å². The molecule has 3 rings (SSSR count). The average molecular weight is 382 g/mol. The molecule has 1 aromatic heterocycles. The second kappa shape index (κ2) is 6.84. The van der Waals surface area contributed by atoms with Crippen LogP contribution < -0.4 is 5.43 Å². The molecule has 8 heteroatoms. The molecular formula is C18H11ClF3NO3. The molecule has 26 heavy (non-hydrogen) atoms. The van der Waals surface area contributed by atoms with Crippen LogP contribution >= 0.6 is 11.6 Å². The molecule has 0 amide bonds. The molecule has 0 atom stereocenters. The monoisotopic (exact) mass is 381 g/mol. The van der Waals surface area contributed by atoms with Gasteiger partial charge in [0.1, 0.15) is 23.0 Å². The summed E-state index contributed by atoms with van der Waals surface area (Å²) >= 11 is 5.78. The van der Waals surface area contributed by atoms with Crippen LogP contribution in [0.4, 0.5) is 13.2 Å². The Labute approximate surface area is 150 Å². The van der Waals surface area contributed by atoms with Gasteiger partial charge in [0, 0.05) is 17.6 Å². The van der Waals surface area contributed by atoms with Gasteiger partial charge in [0.2, 0.25) is 5.43 Å². The summed E-state index contributed by atoms with van der Waals surface area (Å²) in [5, 5.41) is -0.488. The molecule has 4 nitrogen and oxygen atoms in total. The molecule has 0 unspecified atom stereocenters. The van der Waals surface area contributed by atoms with E-state index in [1.807, 2.05) is 0 Å². The maximum atomic E-state index is 14.3. The van der Waals surface area contributed by atoms with Gasteiger partial charge in [-0.05, 0) is 31.2 Å². The summed E-state index contributed by atoms with van der Waals surface area (Å²) in [5.41, 5.74) is -1.29. The number of hydrogen-bond acceptors (Lipinski definition) is 3. The SMILES string of the molecule is CCOC(=O)c1cn(-c2ccc(F)cc2F)c2cc(Cl)c(F)cc2c1=O. The number of hydrogen-bond donors (Lipinski definition) is 0. The fourth-order valence-corrected chi connectivity index (χ4v) is 2.71. The minimum atomic E-state index is -0.940. The average Bonchev–Trinajstić information content (AvgIpc) is 2.58. The Hall–Kier alpha value is -2.80. The first-order valence-corrected chi connectivity index (χ1v) is 7.88. The van der Waals surface area contributed by atoms with E-state index in [0.29, 0.717) is 6.07 Å². The standard InChI is InChI=1S/C18H11ClF3NO3/c1-2-26-18(25)11-8-23(15-4-3-9(20)5-14(15)22)16-7-12(19)13(21)6-10(16)17(11)24/h3-8H,2H2,1H3. The molecule has 1 heterocycles. The van der Waals surface area contributed by atoms with Gasteiger partial charge in [-0.2, -0.15) is 0 Å². The lowest BCUT2D eigenvalue weighted by molar-refractivity contribution is 0.0524. The van der Waals surface area contributed by atoms with Crippen LogP contribution in [0.5, 0.6) is 0 Å². The molecule has 0 aliphatic rings. The van der Waals surface area contributed by atoms with Crippen molar-refractivity contribution in [2.75, 3.05) is 6.61 Å². The molecule has 0 aliphatic heterocycles. The molecule has 134 valence electrons. The number of rotatable bonds is 3. The maximum Gasteiger partial charge on any atom is 0.343 e. The third-order valence-corrected chi connectivity index (χ3v) is 4.00. The fraction of sp³-hybridized carbons (Fsp3) is 0.111. The summed E-state index contributed by atoms with van der Waals surface area (Å²) < 4.78 is 47.3. The molecule has 0 aliphatic carbocycles. The zero-order valence-corrected chi connectivity index (χ0v) is 14.1. The predicted octanol–water partition coefficient (Wildman–Crippen LogP) is 4.24. The van der Waals surface area contributed by atoms with E-state index in [0.717, 1.165) is 35.0 Å². The smallest absolute Gasteiger partial charge is 0.343 e. The minimum Gasteiger partial charge on any atom is -0.462 e. The molecule has 3 aromatic rings. The summed E-state index contributed by atoms with van der Waals surface area (Å²) in [4.78, 5) is 24.6.